The summed E-state index contributed by atoms with van der Waals surface area (Å²) in [6, 6.07) is -0.273. The van der Waals surface area contributed by atoms with Crippen LogP contribution in [0.2, 0.25) is 0 Å². The molecule has 0 radical (unpaired) electrons. The predicted molar refractivity (Wildman–Crippen MR) is 75.9 cm³/mol. The molecule has 1 atom stereocenters. The van der Waals surface area contributed by atoms with Gasteiger partial charge in [-0.3, -0.25) is 10.1 Å². The smallest absolute Gasteiger partial charge is 0.240 e. The third-order valence-electron chi connectivity index (χ3n) is 4.05. The van der Waals surface area contributed by atoms with E-state index in [0.717, 1.165) is 11.4 Å². The van der Waals surface area contributed by atoms with Crippen LogP contribution in [0.1, 0.15) is 11.4 Å². The number of piperazine rings is 1. The van der Waals surface area contributed by atoms with Crippen LogP contribution in [0.5, 0.6) is 0 Å². The van der Waals surface area contributed by atoms with Gasteiger partial charge in [-0.2, -0.15) is 4.31 Å². The Labute approximate surface area is 123 Å². The van der Waals surface area contributed by atoms with Crippen LogP contribution in [0.25, 0.3) is 0 Å². The molecule has 1 aromatic heterocycles. The van der Waals surface area contributed by atoms with Crippen molar-refractivity contribution in [3.8, 4) is 0 Å². The number of carbonyl (C=O) groups excluding carboxylic acids is 1. The number of carbonyl (C=O) groups is 1. The third-order valence-corrected chi connectivity index (χ3v) is 5.35. The molecule has 0 bridgehead atoms. The van der Waals surface area contributed by atoms with E-state index >= 15 is 0 Å². The van der Waals surface area contributed by atoms with Gasteiger partial charge in [-0.1, -0.05) is 0 Å². The first-order valence-electron chi connectivity index (χ1n) is 6.93. The van der Waals surface area contributed by atoms with Gasteiger partial charge in [0, 0.05) is 39.1 Å². The standard InChI is InChI=1S/C12H19N5O3S/c1-21(19,20)17-4-2-16(3-5-17)12(18)10-6-9-11(7-13-10)15-8-14-9/h8,10,13H,2-7H2,1H3,(H,14,15). The van der Waals surface area contributed by atoms with Gasteiger partial charge in [-0.15, -0.1) is 0 Å². The van der Waals surface area contributed by atoms with Gasteiger partial charge in [0.05, 0.1) is 30.0 Å². The van der Waals surface area contributed by atoms with Crippen molar-refractivity contribution in [2.75, 3.05) is 32.4 Å². The Morgan fingerprint density at radius 2 is 2.05 bits per heavy atom. The van der Waals surface area contributed by atoms with Gasteiger partial charge in [0.15, 0.2) is 0 Å². The van der Waals surface area contributed by atoms with E-state index in [1.165, 1.54) is 10.6 Å². The lowest BCUT2D eigenvalue weighted by Crippen LogP contribution is -2.56. The average molecular weight is 313 g/mol. The van der Waals surface area contributed by atoms with E-state index in [4.69, 9.17) is 0 Å². The molecule has 8 nitrogen and oxygen atoms in total. The lowest BCUT2D eigenvalue weighted by atomic mass is 10.0. The molecule has 1 amide bonds. The fourth-order valence-electron chi connectivity index (χ4n) is 2.80. The zero-order valence-corrected chi connectivity index (χ0v) is 12.7. The van der Waals surface area contributed by atoms with Crippen molar-refractivity contribution < 1.29 is 13.2 Å². The molecule has 2 aliphatic rings. The van der Waals surface area contributed by atoms with E-state index < -0.39 is 10.0 Å². The Kier molecular flexibility index (Phi) is 3.72. The monoisotopic (exact) mass is 313 g/mol. The van der Waals surface area contributed by atoms with Crippen molar-refractivity contribution in [1.29, 1.82) is 0 Å². The van der Waals surface area contributed by atoms with E-state index in [0.29, 0.717) is 39.1 Å². The minimum Gasteiger partial charge on any atom is -0.347 e. The van der Waals surface area contributed by atoms with Crippen molar-refractivity contribution in [1.82, 2.24) is 24.5 Å². The number of nitrogens with one attached hydrogen (secondary N) is 2. The number of amides is 1. The molecular formula is C12H19N5O3S. The first-order valence-corrected chi connectivity index (χ1v) is 8.78. The third kappa shape index (κ3) is 2.94. The van der Waals surface area contributed by atoms with E-state index in [1.54, 1.807) is 11.2 Å². The highest BCUT2D eigenvalue weighted by Crippen LogP contribution is 2.15. The van der Waals surface area contributed by atoms with Gasteiger partial charge < -0.3 is 9.88 Å². The van der Waals surface area contributed by atoms with Crippen LogP contribution >= 0.6 is 0 Å². The number of sulfonamides is 1. The van der Waals surface area contributed by atoms with E-state index in [1.807, 2.05) is 0 Å². The van der Waals surface area contributed by atoms with Crippen molar-refractivity contribution in [3.63, 3.8) is 0 Å². The molecule has 116 valence electrons. The number of nitrogens with zero attached hydrogens (tertiary/aromatic N) is 3. The Morgan fingerprint density at radius 3 is 2.71 bits per heavy atom. The van der Waals surface area contributed by atoms with Crippen LogP contribution in [0, 0.1) is 0 Å². The van der Waals surface area contributed by atoms with Gasteiger partial charge in [-0.05, 0) is 0 Å². The number of aromatic amines is 1. The van der Waals surface area contributed by atoms with Crippen molar-refractivity contribution in [3.05, 3.63) is 17.7 Å². The molecule has 0 aliphatic carbocycles. The van der Waals surface area contributed by atoms with Gasteiger partial charge in [-0.25, -0.2) is 13.4 Å². The number of H-pyrrole nitrogens is 1. The maximum atomic E-state index is 12.5. The number of hydrogen-bond acceptors (Lipinski definition) is 5. The number of hydrogen-bond donors (Lipinski definition) is 2. The molecule has 3 rings (SSSR count). The Bertz CT molecular complexity index is 633. The summed E-state index contributed by atoms with van der Waals surface area (Å²) in [4.78, 5) is 21.5. The van der Waals surface area contributed by atoms with Crippen LogP contribution in [0.3, 0.4) is 0 Å². The summed E-state index contributed by atoms with van der Waals surface area (Å²) in [7, 11) is -3.17. The molecule has 1 unspecified atom stereocenters. The SMILES string of the molecule is CS(=O)(=O)N1CCN(C(=O)C2Cc3nc[nH]c3CN2)CC1. The first-order chi connectivity index (χ1) is 9.95. The maximum Gasteiger partial charge on any atom is 0.240 e. The summed E-state index contributed by atoms with van der Waals surface area (Å²) in [6.45, 7) is 2.22. The fourth-order valence-corrected chi connectivity index (χ4v) is 3.63. The second-order valence-electron chi connectivity index (χ2n) is 5.45. The predicted octanol–water partition coefficient (Wildman–Crippen LogP) is -1.47. The largest absolute Gasteiger partial charge is 0.347 e. The molecule has 2 N–H and O–H groups in total. The first kappa shape index (κ1) is 14.5. The maximum absolute atomic E-state index is 12.5. The summed E-state index contributed by atoms with van der Waals surface area (Å²) in [5.41, 5.74) is 1.96. The quantitative estimate of drug-likeness (QED) is 0.694. The highest BCUT2D eigenvalue weighted by Gasteiger charge is 2.32. The molecule has 1 saturated heterocycles. The van der Waals surface area contributed by atoms with Crippen molar-refractivity contribution >= 4 is 15.9 Å². The lowest BCUT2D eigenvalue weighted by molar-refractivity contribution is -0.134. The van der Waals surface area contributed by atoms with Crippen LogP contribution in [-0.4, -0.2) is 72.0 Å². The number of aromatic nitrogens is 2. The van der Waals surface area contributed by atoms with E-state index in [9.17, 15) is 13.2 Å². The molecule has 0 spiro atoms. The molecule has 0 aromatic carbocycles. The normalized spacial score (nSPS) is 23.9. The van der Waals surface area contributed by atoms with Crippen LogP contribution in [-0.2, 0) is 27.8 Å². The summed E-state index contributed by atoms with van der Waals surface area (Å²) in [6.07, 6.45) is 3.42. The second kappa shape index (κ2) is 5.39. The summed E-state index contributed by atoms with van der Waals surface area (Å²) >= 11 is 0. The van der Waals surface area contributed by atoms with E-state index in [-0.39, 0.29) is 11.9 Å². The van der Waals surface area contributed by atoms with Gasteiger partial charge >= 0.3 is 0 Å². The molecule has 2 aliphatic heterocycles. The fraction of sp³-hybridized carbons (Fsp3) is 0.667. The number of rotatable bonds is 2. The van der Waals surface area contributed by atoms with Crippen LogP contribution in [0.4, 0.5) is 0 Å². The minimum atomic E-state index is -3.17. The number of imidazole rings is 1. The van der Waals surface area contributed by atoms with Crippen LogP contribution < -0.4 is 5.32 Å². The number of fused-ring (bicyclic) bond motifs is 1. The summed E-state index contributed by atoms with van der Waals surface area (Å²) in [5, 5.41) is 3.21. The zero-order chi connectivity index (χ0) is 15.0. The topological polar surface area (TPSA) is 98.4 Å². The summed E-state index contributed by atoms with van der Waals surface area (Å²) in [5.74, 6) is 0.0248. The highest BCUT2D eigenvalue weighted by atomic mass is 32.2. The second-order valence-corrected chi connectivity index (χ2v) is 7.44. The van der Waals surface area contributed by atoms with Crippen LogP contribution in [0.15, 0.2) is 6.33 Å². The zero-order valence-electron chi connectivity index (χ0n) is 11.9. The molecule has 1 fully saturated rings. The molecule has 1 aromatic rings. The van der Waals surface area contributed by atoms with Gasteiger partial charge in [0.1, 0.15) is 0 Å². The molecule has 9 heteroatoms. The highest BCUT2D eigenvalue weighted by molar-refractivity contribution is 7.88. The Morgan fingerprint density at radius 1 is 1.33 bits per heavy atom. The van der Waals surface area contributed by atoms with Gasteiger partial charge in [0.25, 0.3) is 0 Å². The Balaban J connectivity index is 1.60. The van der Waals surface area contributed by atoms with Gasteiger partial charge in [0.2, 0.25) is 15.9 Å². The average Bonchev–Trinajstić information content (AvgIpc) is 2.93. The summed E-state index contributed by atoms with van der Waals surface area (Å²) < 4.78 is 24.4. The molecule has 0 saturated carbocycles. The van der Waals surface area contributed by atoms with E-state index in [2.05, 4.69) is 15.3 Å². The molecular weight excluding hydrogens is 294 g/mol. The minimum absolute atomic E-state index is 0.0248. The molecule has 3 heterocycles. The Hall–Kier alpha value is -1.45. The molecule has 21 heavy (non-hydrogen) atoms. The lowest BCUT2D eigenvalue weighted by Gasteiger charge is -2.36. The van der Waals surface area contributed by atoms with Crippen molar-refractivity contribution in [2.24, 2.45) is 0 Å². The van der Waals surface area contributed by atoms with Crippen molar-refractivity contribution in [2.45, 2.75) is 19.0 Å².